The van der Waals surface area contributed by atoms with Gasteiger partial charge in [-0.25, -0.2) is 4.39 Å². The first kappa shape index (κ1) is 21.3. The summed E-state index contributed by atoms with van der Waals surface area (Å²) in [5.41, 5.74) is 2.50. The maximum Gasteiger partial charge on any atom is 0.238 e. The van der Waals surface area contributed by atoms with Crippen molar-refractivity contribution in [1.29, 1.82) is 0 Å². The van der Waals surface area contributed by atoms with Gasteiger partial charge in [-0.2, -0.15) is 0 Å². The smallest absolute Gasteiger partial charge is 0.238 e. The van der Waals surface area contributed by atoms with Crippen LogP contribution in [0.4, 0.5) is 10.1 Å². The third-order valence-corrected chi connectivity index (χ3v) is 4.44. The van der Waals surface area contributed by atoms with Crippen molar-refractivity contribution in [3.05, 3.63) is 89.7 Å². The number of carbonyl (C=O) groups excluding carboxylic acids is 1. The Morgan fingerprint density at radius 3 is 2.50 bits per heavy atom. The first-order valence-corrected chi connectivity index (χ1v) is 9.61. The fraction of sp³-hybridized carbons (Fsp3) is 0.208. The Bertz CT molecular complexity index is 979. The zero-order valence-corrected chi connectivity index (χ0v) is 17.1. The van der Waals surface area contributed by atoms with Crippen molar-refractivity contribution in [2.24, 2.45) is 0 Å². The van der Waals surface area contributed by atoms with Gasteiger partial charge in [0, 0.05) is 12.2 Å². The van der Waals surface area contributed by atoms with Gasteiger partial charge in [-0.3, -0.25) is 9.69 Å². The van der Waals surface area contributed by atoms with Gasteiger partial charge >= 0.3 is 0 Å². The lowest BCUT2D eigenvalue weighted by Gasteiger charge is -2.18. The minimum Gasteiger partial charge on any atom is -0.493 e. The lowest BCUT2D eigenvalue weighted by atomic mass is 10.2. The Kier molecular flexibility index (Phi) is 7.40. The van der Waals surface area contributed by atoms with Crippen molar-refractivity contribution in [2.45, 2.75) is 13.2 Å². The van der Waals surface area contributed by atoms with Crippen molar-refractivity contribution in [3.63, 3.8) is 0 Å². The van der Waals surface area contributed by atoms with Crippen LogP contribution in [0.2, 0.25) is 0 Å². The molecular weight excluding hydrogens is 383 g/mol. The van der Waals surface area contributed by atoms with Crippen LogP contribution in [-0.4, -0.2) is 31.5 Å². The monoisotopic (exact) mass is 408 g/mol. The highest BCUT2D eigenvalue weighted by molar-refractivity contribution is 5.92. The Morgan fingerprint density at radius 2 is 1.77 bits per heavy atom. The molecule has 0 saturated heterocycles. The zero-order valence-electron chi connectivity index (χ0n) is 17.1. The topological polar surface area (TPSA) is 50.8 Å². The molecule has 1 amide bonds. The minimum atomic E-state index is -0.386. The summed E-state index contributed by atoms with van der Waals surface area (Å²) in [4.78, 5) is 14.1. The SMILES string of the molecule is COc1cc(CN(C)CC(=O)Nc2cccc(F)c2)ccc1OCc1ccccc1. The van der Waals surface area contributed by atoms with Gasteiger partial charge in [0.1, 0.15) is 12.4 Å². The summed E-state index contributed by atoms with van der Waals surface area (Å²) in [5, 5.41) is 2.70. The van der Waals surface area contributed by atoms with E-state index in [0.717, 1.165) is 11.1 Å². The van der Waals surface area contributed by atoms with Crippen molar-refractivity contribution in [1.82, 2.24) is 4.90 Å². The third-order valence-electron chi connectivity index (χ3n) is 4.44. The fourth-order valence-electron chi connectivity index (χ4n) is 3.04. The first-order valence-electron chi connectivity index (χ1n) is 9.61. The van der Waals surface area contributed by atoms with Crippen molar-refractivity contribution in [2.75, 3.05) is 26.0 Å². The summed E-state index contributed by atoms with van der Waals surface area (Å²) in [6, 6.07) is 21.5. The molecule has 0 bridgehead atoms. The summed E-state index contributed by atoms with van der Waals surface area (Å²) < 4.78 is 24.6. The standard InChI is InChI=1S/C24H25FN2O3/c1-27(16-24(28)26-21-10-6-9-20(25)14-21)15-19-11-12-22(23(13-19)29-2)30-17-18-7-4-3-5-8-18/h3-14H,15-17H2,1-2H3,(H,26,28). The second-order valence-electron chi connectivity index (χ2n) is 6.99. The van der Waals surface area contributed by atoms with Crippen LogP contribution in [0.1, 0.15) is 11.1 Å². The quantitative estimate of drug-likeness (QED) is 0.567. The fourth-order valence-corrected chi connectivity index (χ4v) is 3.04. The lowest BCUT2D eigenvalue weighted by Crippen LogP contribution is -2.29. The van der Waals surface area contributed by atoms with Crippen LogP contribution < -0.4 is 14.8 Å². The number of halogens is 1. The van der Waals surface area contributed by atoms with Gasteiger partial charge in [-0.15, -0.1) is 0 Å². The molecule has 0 aromatic heterocycles. The largest absolute Gasteiger partial charge is 0.493 e. The van der Waals surface area contributed by atoms with E-state index in [1.807, 2.05) is 60.5 Å². The maximum atomic E-state index is 13.2. The van der Waals surface area contributed by atoms with Gasteiger partial charge in [0.15, 0.2) is 11.5 Å². The van der Waals surface area contributed by atoms with E-state index in [4.69, 9.17) is 9.47 Å². The molecule has 3 aromatic rings. The molecule has 0 fully saturated rings. The number of carbonyl (C=O) groups is 1. The Morgan fingerprint density at radius 1 is 0.967 bits per heavy atom. The number of hydrogen-bond donors (Lipinski definition) is 1. The summed E-state index contributed by atoms with van der Waals surface area (Å²) >= 11 is 0. The number of rotatable bonds is 9. The predicted octanol–water partition coefficient (Wildman–Crippen LogP) is 4.48. The van der Waals surface area contributed by atoms with Gasteiger partial charge in [-0.1, -0.05) is 42.5 Å². The van der Waals surface area contributed by atoms with Gasteiger partial charge in [0.2, 0.25) is 5.91 Å². The number of ether oxygens (including phenoxy) is 2. The number of hydrogen-bond acceptors (Lipinski definition) is 4. The third kappa shape index (κ3) is 6.32. The molecule has 5 nitrogen and oxygen atoms in total. The molecule has 0 heterocycles. The number of methoxy groups -OCH3 is 1. The van der Waals surface area contributed by atoms with Gasteiger partial charge in [0.25, 0.3) is 0 Å². The number of nitrogens with zero attached hydrogens (tertiary/aromatic N) is 1. The van der Waals surface area contributed by atoms with E-state index in [1.54, 1.807) is 19.2 Å². The normalized spacial score (nSPS) is 10.7. The molecule has 1 N–H and O–H groups in total. The maximum absolute atomic E-state index is 13.2. The van der Waals surface area contributed by atoms with Crippen LogP contribution in [0, 0.1) is 5.82 Å². The van der Waals surface area contributed by atoms with Gasteiger partial charge in [0.05, 0.1) is 13.7 Å². The van der Waals surface area contributed by atoms with E-state index in [9.17, 15) is 9.18 Å². The number of likely N-dealkylation sites (N-methyl/N-ethyl adjacent to an activating group) is 1. The van der Waals surface area contributed by atoms with Crippen molar-refractivity contribution in [3.8, 4) is 11.5 Å². The molecule has 0 atom stereocenters. The second-order valence-corrected chi connectivity index (χ2v) is 6.99. The number of benzene rings is 3. The van der Waals surface area contributed by atoms with Crippen LogP contribution >= 0.6 is 0 Å². The number of amides is 1. The molecule has 0 aliphatic heterocycles. The van der Waals surface area contributed by atoms with E-state index < -0.39 is 0 Å². The first-order chi connectivity index (χ1) is 14.5. The van der Waals surface area contributed by atoms with Crippen LogP contribution in [-0.2, 0) is 17.9 Å². The highest BCUT2D eigenvalue weighted by Gasteiger charge is 2.11. The molecule has 0 radical (unpaired) electrons. The van der Waals surface area contributed by atoms with Crippen molar-refractivity contribution >= 4 is 11.6 Å². The summed E-state index contributed by atoms with van der Waals surface area (Å²) in [6.07, 6.45) is 0. The molecule has 3 aromatic carbocycles. The zero-order chi connectivity index (χ0) is 21.3. The molecule has 30 heavy (non-hydrogen) atoms. The average molecular weight is 408 g/mol. The molecule has 0 spiro atoms. The Hall–Kier alpha value is -3.38. The summed E-state index contributed by atoms with van der Waals surface area (Å²) in [5.74, 6) is 0.707. The number of anilines is 1. The van der Waals surface area contributed by atoms with E-state index in [0.29, 0.717) is 30.3 Å². The molecule has 3 rings (SSSR count). The molecule has 0 unspecified atom stereocenters. The van der Waals surface area contributed by atoms with Gasteiger partial charge < -0.3 is 14.8 Å². The van der Waals surface area contributed by atoms with Gasteiger partial charge in [-0.05, 0) is 48.5 Å². The lowest BCUT2D eigenvalue weighted by molar-refractivity contribution is -0.117. The molecule has 6 heteroatoms. The van der Waals surface area contributed by atoms with E-state index in [1.165, 1.54) is 12.1 Å². The van der Waals surface area contributed by atoms with E-state index in [2.05, 4.69) is 5.32 Å². The number of nitrogens with one attached hydrogen (secondary N) is 1. The average Bonchev–Trinajstić information content (AvgIpc) is 2.73. The predicted molar refractivity (Wildman–Crippen MR) is 115 cm³/mol. The molecule has 0 saturated carbocycles. The van der Waals surface area contributed by atoms with Crippen LogP contribution in [0.3, 0.4) is 0 Å². The second kappa shape index (κ2) is 10.4. The molecule has 0 aliphatic rings. The van der Waals surface area contributed by atoms with E-state index in [-0.39, 0.29) is 18.3 Å². The molecular formula is C24H25FN2O3. The summed E-state index contributed by atoms with van der Waals surface area (Å²) in [6.45, 7) is 1.17. The van der Waals surface area contributed by atoms with Crippen LogP contribution in [0.25, 0.3) is 0 Å². The van der Waals surface area contributed by atoms with Crippen LogP contribution in [0.15, 0.2) is 72.8 Å². The molecule has 156 valence electrons. The van der Waals surface area contributed by atoms with Crippen molar-refractivity contribution < 1.29 is 18.7 Å². The minimum absolute atomic E-state index is 0.172. The Labute approximate surface area is 176 Å². The highest BCUT2D eigenvalue weighted by Crippen LogP contribution is 2.29. The van der Waals surface area contributed by atoms with Crippen LogP contribution in [0.5, 0.6) is 11.5 Å². The van der Waals surface area contributed by atoms with E-state index >= 15 is 0 Å². The highest BCUT2D eigenvalue weighted by atomic mass is 19.1. The Balaban J connectivity index is 1.55. The molecule has 0 aliphatic carbocycles. The summed E-state index contributed by atoms with van der Waals surface area (Å²) in [7, 11) is 3.45.